The van der Waals surface area contributed by atoms with E-state index < -0.39 is 6.10 Å². The number of rotatable bonds is 6. The summed E-state index contributed by atoms with van der Waals surface area (Å²) in [5.74, 6) is 2.41. The maximum Gasteiger partial charge on any atom is 0.263 e. The summed E-state index contributed by atoms with van der Waals surface area (Å²) >= 11 is 0. The number of likely N-dealkylation sites (tertiary alicyclic amines) is 1. The van der Waals surface area contributed by atoms with Gasteiger partial charge in [-0.15, -0.1) is 10.2 Å². The zero-order valence-electron chi connectivity index (χ0n) is 15.0. The Bertz CT molecular complexity index is 678. The van der Waals surface area contributed by atoms with E-state index in [9.17, 15) is 4.79 Å². The fourth-order valence-electron chi connectivity index (χ4n) is 3.33. The zero-order valence-corrected chi connectivity index (χ0v) is 15.0. The predicted octanol–water partition coefficient (Wildman–Crippen LogP) is 2.55. The van der Waals surface area contributed by atoms with Crippen LogP contribution in [-0.4, -0.2) is 44.8 Å². The first kappa shape index (κ1) is 17.5. The first-order valence-electron chi connectivity index (χ1n) is 9.04. The number of aryl methyl sites for hydroxylation is 1. The van der Waals surface area contributed by atoms with Crippen molar-refractivity contribution in [3.05, 3.63) is 42.5 Å². The molecule has 1 aromatic carbocycles. The summed E-state index contributed by atoms with van der Waals surface area (Å²) in [6, 6.07) is 9.50. The quantitative estimate of drug-likeness (QED) is 0.809. The third-order valence-corrected chi connectivity index (χ3v) is 4.84. The molecule has 1 aromatic heterocycles. The van der Waals surface area contributed by atoms with Crippen LogP contribution in [0.15, 0.2) is 36.7 Å². The number of hydrogen-bond acceptors (Lipinski definition) is 4. The van der Waals surface area contributed by atoms with Crippen molar-refractivity contribution in [3.63, 3.8) is 0 Å². The summed E-state index contributed by atoms with van der Waals surface area (Å²) in [4.78, 5) is 14.5. The first-order chi connectivity index (χ1) is 12.2. The molecular formula is C19H26N4O2. The van der Waals surface area contributed by atoms with E-state index in [0.29, 0.717) is 5.92 Å². The molecule has 25 heavy (non-hydrogen) atoms. The monoisotopic (exact) mass is 342 g/mol. The lowest BCUT2D eigenvalue weighted by Crippen LogP contribution is -2.45. The molecule has 1 amide bonds. The van der Waals surface area contributed by atoms with Crippen LogP contribution in [-0.2, 0) is 17.8 Å². The second-order valence-corrected chi connectivity index (χ2v) is 6.58. The van der Waals surface area contributed by atoms with Gasteiger partial charge < -0.3 is 14.2 Å². The topological polar surface area (TPSA) is 60.2 Å². The molecule has 1 unspecified atom stereocenters. The lowest BCUT2D eigenvalue weighted by molar-refractivity contribution is -0.139. The molecule has 1 fully saturated rings. The average molecular weight is 342 g/mol. The Hall–Kier alpha value is -2.37. The van der Waals surface area contributed by atoms with Crippen molar-refractivity contribution in [2.24, 2.45) is 5.92 Å². The fraction of sp³-hybridized carbons (Fsp3) is 0.526. The minimum absolute atomic E-state index is 0.0685. The third-order valence-electron chi connectivity index (χ3n) is 4.84. The van der Waals surface area contributed by atoms with E-state index in [1.54, 1.807) is 6.33 Å². The van der Waals surface area contributed by atoms with E-state index in [1.165, 1.54) is 0 Å². The highest BCUT2D eigenvalue weighted by Crippen LogP contribution is 2.22. The van der Waals surface area contributed by atoms with Crippen LogP contribution in [0.25, 0.3) is 0 Å². The number of piperidine rings is 1. The van der Waals surface area contributed by atoms with Gasteiger partial charge in [0.05, 0.1) is 0 Å². The molecule has 134 valence electrons. The predicted molar refractivity (Wildman–Crippen MR) is 95.2 cm³/mol. The van der Waals surface area contributed by atoms with Crippen LogP contribution >= 0.6 is 0 Å². The number of carbonyl (C=O) groups is 1. The van der Waals surface area contributed by atoms with Crippen LogP contribution in [0.4, 0.5) is 0 Å². The summed E-state index contributed by atoms with van der Waals surface area (Å²) < 4.78 is 7.85. The van der Waals surface area contributed by atoms with Crippen molar-refractivity contribution in [1.29, 1.82) is 0 Å². The molecule has 2 heterocycles. The largest absolute Gasteiger partial charge is 0.481 e. The summed E-state index contributed by atoms with van der Waals surface area (Å²) in [5.41, 5.74) is 0. The molecule has 0 saturated carbocycles. The molecule has 2 aromatic rings. The number of para-hydroxylation sites is 1. The molecule has 1 aliphatic rings. The molecule has 0 bridgehead atoms. The Labute approximate surface area is 148 Å². The summed E-state index contributed by atoms with van der Waals surface area (Å²) in [6.45, 7) is 6.39. The standard InChI is InChI=1S/C19H26N4O2/c1-3-22-14-20-21-18(22)13-16-9-11-23(12-10-16)19(24)15(2)25-17-7-5-4-6-8-17/h4-8,14-16H,3,9-13H2,1-2H3. The molecule has 6 nitrogen and oxygen atoms in total. The van der Waals surface area contributed by atoms with Gasteiger partial charge in [-0.1, -0.05) is 18.2 Å². The molecule has 1 atom stereocenters. The first-order valence-corrected chi connectivity index (χ1v) is 9.04. The number of nitrogens with zero attached hydrogens (tertiary/aromatic N) is 4. The van der Waals surface area contributed by atoms with Crippen LogP contribution in [0, 0.1) is 5.92 Å². The van der Waals surface area contributed by atoms with Gasteiger partial charge in [0.15, 0.2) is 6.10 Å². The van der Waals surface area contributed by atoms with Gasteiger partial charge in [0.25, 0.3) is 5.91 Å². The zero-order chi connectivity index (χ0) is 17.6. The van der Waals surface area contributed by atoms with Crippen molar-refractivity contribution in [2.45, 2.75) is 45.8 Å². The molecule has 0 radical (unpaired) electrons. The van der Waals surface area contributed by atoms with Gasteiger partial charge in [0.1, 0.15) is 17.9 Å². The van der Waals surface area contributed by atoms with Crippen molar-refractivity contribution in [3.8, 4) is 5.75 Å². The second kappa shape index (κ2) is 8.14. The van der Waals surface area contributed by atoms with Crippen LogP contribution in [0.2, 0.25) is 0 Å². The molecule has 0 N–H and O–H groups in total. The van der Waals surface area contributed by atoms with Gasteiger partial charge in [0, 0.05) is 26.1 Å². The van der Waals surface area contributed by atoms with Crippen LogP contribution in [0.3, 0.4) is 0 Å². The van der Waals surface area contributed by atoms with Crippen LogP contribution in [0.5, 0.6) is 5.75 Å². The van der Waals surface area contributed by atoms with Gasteiger partial charge in [0.2, 0.25) is 0 Å². The van der Waals surface area contributed by atoms with Crippen LogP contribution < -0.4 is 4.74 Å². The highest BCUT2D eigenvalue weighted by Gasteiger charge is 2.27. The van der Waals surface area contributed by atoms with Gasteiger partial charge in [-0.3, -0.25) is 4.79 Å². The third kappa shape index (κ3) is 4.38. The lowest BCUT2D eigenvalue weighted by Gasteiger charge is -2.33. The smallest absolute Gasteiger partial charge is 0.263 e. The number of amides is 1. The summed E-state index contributed by atoms with van der Waals surface area (Å²) in [7, 11) is 0. The number of ether oxygens (including phenoxy) is 1. The van der Waals surface area contributed by atoms with E-state index in [4.69, 9.17) is 4.74 Å². The summed E-state index contributed by atoms with van der Waals surface area (Å²) in [5, 5.41) is 8.22. The molecule has 0 spiro atoms. The Morgan fingerprint density at radius 2 is 2.00 bits per heavy atom. The Balaban J connectivity index is 1.49. The summed E-state index contributed by atoms with van der Waals surface area (Å²) in [6.07, 6.45) is 4.27. The van der Waals surface area contributed by atoms with Gasteiger partial charge in [-0.25, -0.2) is 0 Å². The molecule has 1 saturated heterocycles. The molecular weight excluding hydrogens is 316 g/mol. The van der Waals surface area contributed by atoms with Gasteiger partial charge in [-0.05, 0) is 44.7 Å². The highest BCUT2D eigenvalue weighted by atomic mass is 16.5. The fourth-order valence-corrected chi connectivity index (χ4v) is 3.33. The van der Waals surface area contributed by atoms with Crippen LogP contribution in [0.1, 0.15) is 32.5 Å². The maximum absolute atomic E-state index is 12.6. The van der Waals surface area contributed by atoms with Gasteiger partial charge in [-0.2, -0.15) is 0 Å². The van der Waals surface area contributed by atoms with Crippen molar-refractivity contribution >= 4 is 5.91 Å². The van der Waals surface area contributed by atoms with E-state index in [2.05, 4.69) is 21.7 Å². The SMILES string of the molecule is CCn1cnnc1CC1CCN(C(=O)C(C)Oc2ccccc2)CC1. The molecule has 6 heteroatoms. The maximum atomic E-state index is 12.6. The second-order valence-electron chi connectivity index (χ2n) is 6.58. The number of aromatic nitrogens is 3. The Morgan fingerprint density at radius 3 is 2.68 bits per heavy atom. The Morgan fingerprint density at radius 1 is 1.28 bits per heavy atom. The highest BCUT2D eigenvalue weighted by molar-refractivity contribution is 5.81. The number of benzene rings is 1. The normalized spacial score (nSPS) is 16.6. The van der Waals surface area contributed by atoms with E-state index >= 15 is 0 Å². The minimum Gasteiger partial charge on any atom is -0.481 e. The number of hydrogen-bond donors (Lipinski definition) is 0. The number of carbonyl (C=O) groups excluding carboxylic acids is 1. The van der Waals surface area contributed by atoms with Crippen molar-refractivity contribution in [1.82, 2.24) is 19.7 Å². The molecule has 0 aliphatic carbocycles. The van der Waals surface area contributed by atoms with Crippen molar-refractivity contribution < 1.29 is 9.53 Å². The van der Waals surface area contributed by atoms with E-state index in [-0.39, 0.29) is 5.91 Å². The van der Waals surface area contributed by atoms with Gasteiger partial charge >= 0.3 is 0 Å². The van der Waals surface area contributed by atoms with Crippen molar-refractivity contribution in [2.75, 3.05) is 13.1 Å². The molecule has 3 rings (SSSR count). The minimum atomic E-state index is -0.456. The molecule has 1 aliphatic heterocycles. The Kier molecular flexibility index (Phi) is 5.68. The van der Waals surface area contributed by atoms with E-state index in [1.807, 2.05) is 42.2 Å². The lowest BCUT2D eigenvalue weighted by atomic mass is 9.93. The van der Waals surface area contributed by atoms with E-state index in [0.717, 1.165) is 50.5 Å². The average Bonchev–Trinajstić information content (AvgIpc) is 3.09.